The van der Waals surface area contributed by atoms with Crippen LogP contribution in [0.2, 0.25) is 5.02 Å². The van der Waals surface area contributed by atoms with Crippen LogP contribution in [0.15, 0.2) is 23.0 Å². The smallest absolute Gasteiger partial charge is 0.472 e. The van der Waals surface area contributed by atoms with Gasteiger partial charge in [0.1, 0.15) is 5.75 Å². The number of hydrogen-bond donors (Lipinski definition) is 2. The Balaban J connectivity index is 2.59. The van der Waals surface area contributed by atoms with Crippen molar-refractivity contribution in [1.29, 1.82) is 0 Å². The fourth-order valence-electron chi connectivity index (χ4n) is 1.85. The topological polar surface area (TPSA) is 88.4 Å². The van der Waals surface area contributed by atoms with Crippen LogP contribution in [0.25, 0.3) is 6.08 Å². The molecule has 2 N–H and O–H groups in total. The number of benzene rings is 1. The molecule has 1 aliphatic heterocycles. The van der Waals surface area contributed by atoms with Gasteiger partial charge in [0.05, 0.1) is 6.21 Å². The van der Waals surface area contributed by atoms with Crippen LogP contribution in [0.1, 0.15) is 11.1 Å². The molecule has 0 aliphatic carbocycles. The normalized spacial score (nSPS) is 17.6. The van der Waals surface area contributed by atoms with Gasteiger partial charge in [-0.25, -0.2) is 4.79 Å². The third-order valence-corrected chi connectivity index (χ3v) is 2.82. The predicted octanol–water partition coefficient (Wildman–Crippen LogP) is 3.51. The number of alkyl halides is 3. The highest BCUT2D eigenvalue weighted by atomic mass is 35.5. The Labute approximate surface area is 126 Å². The summed E-state index contributed by atoms with van der Waals surface area (Å²) in [6.07, 6.45) is -7.73. The number of halogens is 4. The Kier molecular flexibility index (Phi) is 4.18. The van der Waals surface area contributed by atoms with Gasteiger partial charge in [0.25, 0.3) is 6.10 Å². The van der Waals surface area contributed by atoms with Crippen molar-refractivity contribution in [3.63, 3.8) is 0 Å². The summed E-state index contributed by atoms with van der Waals surface area (Å²) in [5.41, 5.74) is 0.0454. The lowest BCUT2D eigenvalue weighted by Gasteiger charge is -2.28. The Morgan fingerprint density at radius 2 is 2.14 bits per heavy atom. The number of nitrogens with zero attached hydrogens (tertiary/aromatic N) is 1. The van der Waals surface area contributed by atoms with Crippen molar-refractivity contribution in [2.24, 2.45) is 5.16 Å². The van der Waals surface area contributed by atoms with E-state index >= 15 is 0 Å². The van der Waals surface area contributed by atoms with Crippen LogP contribution in [-0.2, 0) is 4.74 Å². The molecule has 0 bridgehead atoms. The maximum absolute atomic E-state index is 13.0. The van der Waals surface area contributed by atoms with Crippen molar-refractivity contribution in [2.45, 2.75) is 12.3 Å². The first-order chi connectivity index (χ1) is 10.2. The molecule has 6 nitrogen and oxygen atoms in total. The Bertz CT molecular complexity index is 671. The standard InChI is InChI=1S/C12H7ClF3NO5/c13-7-1-5-3-8(21-11(18)19)10(12(14,15)16)22-9(5)6(2-7)4-17-20/h1-4,10,20H,(H,18,19). The first kappa shape index (κ1) is 16.0. The lowest BCUT2D eigenvalue weighted by molar-refractivity contribution is -0.191. The van der Waals surface area contributed by atoms with Crippen molar-refractivity contribution < 1.29 is 37.8 Å². The minimum absolute atomic E-state index is 0.00938. The van der Waals surface area contributed by atoms with Gasteiger partial charge in [-0.1, -0.05) is 16.8 Å². The Morgan fingerprint density at radius 3 is 2.68 bits per heavy atom. The minimum Gasteiger partial charge on any atom is -0.472 e. The quantitative estimate of drug-likeness (QED) is 0.373. The third kappa shape index (κ3) is 3.25. The fourth-order valence-corrected chi connectivity index (χ4v) is 2.09. The van der Waals surface area contributed by atoms with Crippen LogP contribution in [0.3, 0.4) is 0 Å². The molecule has 0 saturated carbocycles. The predicted molar refractivity (Wildman–Crippen MR) is 68.4 cm³/mol. The molecule has 0 fully saturated rings. The van der Waals surface area contributed by atoms with E-state index in [1.165, 1.54) is 12.1 Å². The number of carbonyl (C=O) groups is 1. The van der Waals surface area contributed by atoms with E-state index in [9.17, 15) is 18.0 Å². The number of rotatable bonds is 2. The molecule has 22 heavy (non-hydrogen) atoms. The highest BCUT2D eigenvalue weighted by molar-refractivity contribution is 6.31. The van der Waals surface area contributed by atoms with E-state index < -0.39 is 24.2 Å². The van der Waals surface area contributed by atoms with E-state index in [4.69, 9.17) is 26.7 Å². The Hall–Kier alpha value is -2.42. The molecule has 118 valence electrons. The summed E-state index contributed by atoms with van der Waals surface area (Å²) in [5, 5.41) is 19.9. The third-order valence-electron chi connectivity index (χ3n) is 2.60. The fraction of sp³-hybridized carbons (Fsp3) is 0.167. The SMILES string of the molecule is O=C(O)OC1=Cc2cc(Cl)cc(C=NO)c2OC1C(F)(F)F. The highest BCUT2D eigenvalue weighted by Gasteiger charge is 2.48. The monoisotopic (exact) mass is 337 g/mol. The average molecular weight is 338 g/mol. The molecule has 2 rings (SSSR count). The van der Waals surface area contributed by atoms with Gasteiger partial charge in [-0.15, -0.1) is 0 Å². The van der Waals surface area contributed by atoms with Crippen molar-refractivity contribution in [3.8, 4) is 5.75 Å². The van der Waals surface area contributed by atoms with E-state index in [1.807, 2.05) is 0 Å². The van der Waals surface area contributed by atoms with Gasteiger partial charge in [-0.3, -0.25) is 0 Å². The van der Waals surface area contributed by atoms with E-state index in [0.29, 0.717) is 0 Å². The number of ether oxygens (including phenoxy) is 2. The summed E-state index contributed by atoms with van der Waals surface area (Å²) < 4.78 is 47.9. The molecule has 1 heterocycles. The van der Waals surface area contributed by atoms with Crippen LogP contribution >= 0.6 is 11.6 Å². The summed E-state index contributed by atoms with van der Waals surface area (Å²) in [6, 6.07) is 2.48. The summed E-state index contributed by atoms with van der Waals surface area (Å²) in [5.74, 6) is -1.20. The second-order valence-corrected chi connectivity index (χ2v) is 4.55. The number of hydrogen-bond acceptors (Lipinski definition) is 5. The number of fused-ring (bicyclic) bond motifs is 1. The van der Waals surface area contributed by atoms with Gasteiger partial charge in [0.2, 0.25) is 0 Å². The lowest BCUT2D eigenvalue weighted by Crippen LogP contribution is -2.39. The second kappa shape index (κ2) is 5.76. The molecular formula is C12H7ClF3NO5. The van der Waals surface area contributed by atoms with Crippen LogP contribution in [0, 0.1) is 0 Å². The van der Waals surface area contributed by atoms with Crippen molar-refractivity contribution in [2.75, 3.05) is 0 Å². The van der Waals surface area contributed by atoms with Gasteiger partial charge in [-0.05, 0) is 18.2 Å². The molecule has 1 aromatic rings. The zero-order valence-electron chi connectivity index (χ0n) is 10.5. The zero-order valence-corrected chi connectivity index (χ0v) is 11.2. The van der Waals surface area contributed by atoms with E-state index in [2.05, 4.69) is 9.89 Å². The number of carboxylic acid groups (broad SMARTS) is 1. The largest absolute Gasteiger partial charge is 0.511 e. The molecule has 1 unspecified atom stereocenters. The molecule has 10 heteroatoms. The van der Waals surface area contributed by atoms with Crippen LogP contribution in [-0.4, -0.2) is 35.0 Å². The zero-order chi connectivity index (χ0) is 16.5. The molecular weight excluding hydrogens is 331 g/mol. The molecule has 0 spiro atoms. The molecule has 1 aliphatic rings. The molecule has 0 saturated heterocycles. The summed E-state index contributed by atoms with van der Waals surface area (Å²) in [4.78, 5) is 10.5. The average Bonchev–Trinajstić information content (AvgIpc) is 2.35. The lowest BCUT2D eigenvalue weighted by atomic mass is 10.0. The maximum atomic E-state index is 13.0. The van der Waals surface area contributed by atoms with E-state index in [1.54, 1.807) is 0 Å². The summed E-state index contributed by atoms with van der Waals surface area (Å²) >= 11 is 5.79. The first-order valence-corrected chi connectivity index (χ1v) is 5.97. The molecule has 1 aromatic carbocycles. The van der Waals surface area contributed by atoms with Crippen LogP contribution in [0.5, 0.6) is 5.75 Å². The highest BCUT2D eigenvalue weighted by Crippen LogP contribution is 2.40. The van der Waals surface area contributed by atoms with Gasteiger partial charge in [-0.2, -0.15) is 13.2 Å². The molecule has 1 atom stereocenters. The molecule has 0 radical (unpaired) electrons. The summed E-state index contributed by atoms with van der Waals surface area (Å²) in [7, 11) is 0. The van der Waals surface area contributed by atoms with E-state index in [0.717, 1.165) is 12.3 Å². The van der Waals surface area contributed by atoms with Crippen molar-refractivity contribution in [1.82, 2.24) is 0 Å². The van der Waals surface area contributed by atoms with Crippen molar-refractivity contribution >= 4 is 30.0 Å². The van der Waals surface area contributed by atoms with Crippen molar-refractivity contribution in [3.05, 3.63) is 34.0 Å². The second-order valence-electron chi connectivity index (χ2n) is 4.11. The van der Waals surface area contributed by atoms with Gasteiger partial charge >= 0.3 is 12.3 Å². The number of oxime groups is 1. The minimum atomic E-state index is -4.91. The van der Waals surface area contributed by atoms with Gasteiger partial charge in [0.15, 0.2) is 5.76 Å². The first-order valence-electron chi connectivity index (χ1n) is 5.59. The van der Waals surface area contributed by atoms with Gasteiger partial charge < -0.3 is 19.8 Å². The molecule has 0 amide bonds. The van der Waals surface area contributed by atoms with Crippen LogP contribution < -0.4 is 4.74 Å². The summed E-state index contributed by atoms with van der Waals surface area (Å²) in [6.45, 7) is 0. The van der Waals surface area contributed by atoms with Gasteiger partial charge in [0, 0.05) is 16.1 Å². The Morgan fingerprint density at radius 1 is 1.45 bits per heavy atom. The van der Waals surface area contributed by atoms with E-state index in [-0.39, 0.29) is 21.9 Å². The molecule has 0 aromatic heterocycles. The maximum Gasteiger partial charge on any atom is 0.511 e. The van der Waals surface area contributed by atoms with Crippen LogP contribution in [0.4, 0.5) is 18.0 Å².